The van der Waals surface area contributed by atoms with Gasteiger partial charge in [0.25, 0.3) is 0 Å². The summed E-state index contributed by atoms with van der Waals surface area (Å²) >= 11 is 0. The van der Waals surface area contributed by atoms with Gasteiger partial charge in [-0.05, 0) is 49.9 Å². The molecule has 1 aliphatic carbocycles. The van der Waals surface area contributed by atoms with Gasteiger partial charge in [0.15, 0.2) is 0 Å². The molecule has 20 heavy (non-hydrogen) atoms. The second kappa shape index (κ2) is 7.19. The maximum atomic E-state index is 13.0. The molecule has 3 heteroatoms. The molecule has 0 radical (unpaired) electrons. The lowest BCUT2D eigenvalue weighted by atomic mass is 10.0. The van der Waals surface area contributed by atoms with Gasteiger partial charge in [0, 0.05) is 25.2 Å². The molecule has 2 rings (SSSR count). The van der Waals surface area contributed by atoms with Gasteiger partial charge in [-0.2, -0.15) is 0 Å². The first-order valence-electron chi connectivity index (χ1n) is 7.77. The summed E-state index contributed by atoms with van der Waals surface area (Å²) in [6, 6.07) is 7.99. The molecule has 1 fully saturated rings. The van der Waals surface area contributed by atoms with E-state index < -0.39 is 0 Å². The van der Waals surface area contributed by atoms with Crippen molar-refractivity contribution < 1.29 is 4.39 Å². The summed E-state index contributed by atoms with van der Waals surface area (Å²) < 4.78 is 13.0. The van der Waals surface area contributed by atoms with Gasteiger partial charge in [0.2, 0.25) is 0 Å². The highest BCUT2D eigenvalue weighted by Crippen LogP contribution is 2.29. The SMILES string of the molecule is CNC(CCN(CC(C)C)C1CC1)c1ccc(F)cc1. The Kier molecular flexibility index (Phi) is 5.55. The quantitative estimate of drug-likeness (QED) is 0.781. The molecule has 0 bridgehead atoms. The molecule has 1 aromatic rings. The highest BCUT2D eigenvalue weighted by molar-refractivity contribution is 5.19. The molecule has 0 aliphatic heterocycles. The summed E-state index contributed by atoms with van der Waals surface area (Å²) in [6.07, 6.45) is 3.78. The van der Waals surface area contributed by atoms with Gasteiger partial charge in [-0.3, -0.25) is 0 Å². The van der Waals surface area contributed by atoms with Crippen LogP contribution >= 0.6 is 0 Å². The van der Waals surface area contributed by atoms with Crippen LogP contribution in [0.25, 0.3) is 0 Å². The Balaban J connectivity index is 1.90. The fourth-order valence-electron chi connectivity index (χ4n) is 2.80. The van der Waals surface area contributed by atoms with E-state index in [-0.39, 0.29) is 5.82 Å². The summed E-state index contributed by atoms with van der Waals surface area (Å²) in [4.78, 5) is 2.62. The molecule has 1 atom stereocenters. The first-order chi connectivity index (χ1) is 9.60. The van der Waals surface area contributed by atoms with E-state index in [1.54, 1.807) is 12.1 Å². The minimum atomic E-state index is -0.164. The number of nitrogens with one attached hydrogen (secondary N) is 1. The lowest BCUT2D eigenvalue weighted by Gasteiger charge is -2.26. The van der Waals surface area contributed by atoms with Gasteiger partial charge >= 0.3 is 0 Å². The summed E-state index contributed by atoms with van der Waals surface area (Å²) in [5.41, 5.74) is 1.18. The van der Waals surface area contributed by atoms with Crippen LogP contribution in [0.2, 0.25) is 0 Å². The summed E-state index contributed by atoms with van der Waals surface area (Å²) in [5, 5.41) is 3.36. The van der Waals surface area contributed by atoms with Crippen molar-refractivity contribution in [2.24, 2.45) is 5.92 Å². The largest absolute Gasteiger partial charge is 0.313 e. The van der Waals surface area contributed by atoms with Gasteiger partial charge in [-0.1, -0.05) is 26.0 Å². The average Bonchev–Trinajstić information content (AvgIpc) is 3.24. The van der Waals surface area contributed by atoms with Crippen LogP contribution in [-0.4, -0.2) is 31.1 Å². The van der Waals surface area contributed by atoms with Crippen molar-refractivity contribution >= 4 is 0 Å². The van der Waals surface area contributed by atoms with E-state index in [1.165, 1.54) is 24.9 Å². The first-order valence-corrected chi connectivity index (χ1v) is 7.77. The average molecular weight is 278 g/mol. The number of rotatable bonds is 8. The number of benzene rings is 1. The Bertz CT molecular complexity index is 398. The highest BCUT2D eigenvalue weighted by Gasteiger charge is 2.29. The lowest BCUT2D eigenvalue weighted by Crippen LogP contribution is -2.33. The second-order valence-electron chi connectivity index (χ2n) is 6.30. The van der Waals surface area contributed by atoms with Crippen LogP contribution in [0.3, 0.4) is 0 Å². The third kappa shape index (κ3) is 4.57. The van der Waals surface area contributed by atoms with Gasteiger partial charge in [-0.15, -0.1) is 0 Å². The molecule has 1 unspecified atom stereocenters. The smallest absolute Gasteiger partial charge is 0.123 e. The number of hydrogen-bond acceptors (Lipinski definition) is 2. The molecule has 1 aliphatic rings. The lowest BCUT2D eigenvalue weighted by molar-refractivity contribution is 0.223. The molecule has 1 aromatic carbocycles. The summed E-state index contributed by atoms with van der Waals surface area (Å²) in [7, 11) is 1.98. The molecule has 0 aromatic heterocycles. The molecule has 2 nitrogen and oxygen atoms in total. The molecule has 112 valence electrons. The van der Waals surface area contributed by atoms with Gasteiger partial charge in [0.05, 0.1) is 0 Å². The normalized spacial score (nSPS) is 16.9. The zero-order chi connectivity index (χ0) is 14.5. The molecule has 0 spiro atoms. The van der Waals surface area contributed by atoms with Crippen LogP contribution in [-0.2, 0) is 0 Å². The monoisotopic (exact) mass is 278 g/mol. The third-order valence-electron chi connectivity index (χ3n) is 3.99. The maximum Gasteiger partial charge on any atom is 0.123 e. The minimum absolute atomic E-state index is 0.164. The zero-order valence-corrected chi connectivity index (χ0v) is 12.9. The molecular formula is C17H27FN2. The first kappa shape index (κ1) is 15.5. The second-order valence-corrected chi connectivity index (χ2v) is 6.30. The van der Waals surface area contributed by atoms with E-state index in [4.69, 9.17) is 0 Å². The molecule has 0 heterocycles. The molecule has 1 N–H and O–H groups in total. The van der Waals surface area contributed by atoms with Crippen LogP contribution in [0, 0.1) is 11.7 Å². The maximum absolute atomic E-state index is 13.0. The van der Waals surface area contributed by atoms with Gasteiger partial charge in [0.1, 0.15) is 5.82 Å². The Morgan fingerprint density at radius 2 is 1.90 bits per heavy atom. The zero-order valence-electron chi connectivity index (χ0n) is 12.9. The number of hydrogen-bond donors (Lipinski definition) is 1. The van der Waals surface area contributed by atoms with Crippen molar-refractivity contribution in [1.29, 1.82) is 0 Å². The van der Waals surface area contributed by atoms with E-state index in [0.29, 0.717) is 6.04 Å². The standard InChI is InChI=1S/C17H27FN2/c1-13(2)12-20(16-8-9-16)11-10-17(19-3)14-4-6-15(18)7-5-14/h4-7,13,16-17,19H,8-12H2,1-3H3. The summed E-state index contributed by atoms with van der Waals surface area (Å²) in [6.45, 7) is 6.87. The van der Waals surface area contributed by atoms with Crippen molar-refractivity contribution in [2.45, 2.75) is 45.2 Å². The van der Waals surface area contributed by atoms with Crippen LogP contribution in [0.5, 0.6) is 0 Å². The van der Waals surface area contributed by atoms with Crippen LogP contribution in [0.15, 0.2) is 24.3 Å². The predicted molar refractivity (Wildman–Crippen MR) is 82.3 cm³/mol. The van der Waals surface area contributed by atoms with Crippen LogP contribution in [0.4, 0.5) is 4.39 Å². The topological polar surface area (TPSA) is 15.3 Å². The van der Waals surface area contributed by atoms with Crippen LogP contribution in [0.1, 0.15) is 44.7 Å². The summed E-state index contributed by atoms with van der Waals surface area (Å²) in [5.74, 6) is 0.553. The van der Waals surface area contributed by atoms with Crippen molar-refractivity contribution in [1.82, 2.24) is 10.2 Å². The molecule has 0 saturated heterocycles. The Labute approximate surface area is 122 Å². The fraction of sp³-hybridized carbons (Fsp3) is 0.647. The molecular weight excluding hydrogens is 251 g/mol. The predicted octanol–water partition coefficient (Wildman–Crippen LogP) is 3.60. The van der Waals surface area contributed by atoms with Crippen molar-refractivity contribution in [3.8, 4) is 0 Å². The number of nitrogens with zero attached hydrogens (tertiary/aromatic N) is 1. The molecule has 1 saturated carbocycles. The van der Waals surface area contributed by atoms with Gasteiger partial charge < -0.3 is 10.2 Å². The van der Waals surface area contributed by atoms with E-state index >= 15 is 0 Å². The molecule has 0 amide bonds. The van der Waals surface area contributed by atoms with E-state index in [0.717, 1.165) is 24.9 Å². The van der Waals surface area contributed by atoms with E-state index in [1.807, 2.05) is 19.2 Å². The fourth-order valence-corrected chi connectivity index (χ4v) is 2.80. The van der Waals surface area contributed by atoms with Crippen molar-refractivity contribution in [3.05, 3.63) is 35.6 Å². The van der Waals surface area contributed by atoms with Crippen molar-refractivity contribution in [2.75, 3.05) is 20.1 Å². The van der Waals surface area contributed by atoms with Gasteiger partial charge in [-0.25, -0.2) is 4.39 Å². The third-order valence-corrected chi connectivity index (χ3v) is 3.99. The Morgan fingerprint density at radius 3 is 2.40 bits per heavy atom. The van der Waals surface area contributed by atoms with E-state index in [2.05, 4.69) is 24.1 Å². The Hall–Kier alpha value is -0.930. The van der Waals surface area contributed by atoms with Crippen molar-refractivity contribution in [3.63, 3.8) is 0 Å². The number of halogens is 1. The Morgan fingerprint density at radius 1 is 1.25 bits per heavy atom. The minimum Gasteiger partial charge on any atom is -0.313 e. The van der Waals surface area contributed by atoms with E-state index in [9.17, 15) is 4.39 Å². The highest BCUT2D eigenvalue weighted by atomic mass is 19.1. The van der Waals surface area contributed by atoms with Crippen LogP contribution < -0.4 is 5.32 Å².